The molecule has 2 heterocycles. The molecule has 0 unspecified atom stereocenters. The van der Waals surface area contributed by atoms with Gasteiger partial charge < -0.3 is 9.73 Å². The number of thiophene rings is 1. The van der Waals surface area contributed by atoms with Gasteiger partial charge in [-0.25, -0.2) is 4.79 Å². The van der Waals surface area contributed by atoms with Crippen LogP contribution in [0, 0.1) is 0 Å². The Labute approximate surface area is 147 Å². The molecule has 4 nitrogen and oxygen atoms in total. The minimum Gasteiger partial charge on any atom is -0.422 e. The van der Waals surface area contributed by atoms with E-state index < -0.39 is 11.5 Å². The van der Waals surface area contributed by atoms with Crippen molar-refractivity contribution in [2.45, 2.75) is 0 Å². The van der Waals surface area contributed by atoms with E-state index in [0.29, 0.717) is 16.7 Å². The van der Waals surface area contributed by atoms with Crippen LogP contribution in [0.4, 0.5) is 5.69 Å². The predicted molar refractivity (Wildman–Crippen MR) is 100 cm³/mol. The monoisotopic (exact) mass is 347 g/mol. The van der Waals surface area contributed by atoms with Crippen molar-refractivity contribution in [1.82, 2.24) is 0 Å². The molecule has 2 aromatic carbocycles. The highest BCUT2D eigenvalue weighted by Gasteiger charge is 2.14. The highest BCUT2D eigenvalue weighted by atomic mass is 32.1. The largest absolute Gasteiger partial charge is 0.422 e. The van der Waals surface area contributed by atoms with Crippen LogP contribution in [0.15, 0.2) is 81.3 Å². The third-order valence-corrected chi connectivity index (χ3v) is 4.75. The molecule has 0 atom stereocenters. The maximum Gasteiger partial charge on any atom is 0.349 e. The van der Waals surface area contributed by atoms with E-state index in [0.717, 1.165) is 10.4 Å². The zero-order valence-electron chi connectivity index (χ0n) is 13.1. The first-order valence-electron chi connectivity index (χ1n) is 7.69. The molecule has 0 fully saturated rings. The number of nitrogens with one attached hydrogen (secondary N) is 1. The number of para-hydroxylation sites is 1. The molecule has 0 spiro atoms. The maximum atomic E-state index is 12.4. The van der Waals surface area contributed by atoms with Crippen molar-refractivity contribution >= 4 is 33.9 Å². The van der Waals surface area contributed by atoms with E-state index in [2.05, 4.69) is 5.32 Å². The summed E-state index contributed by atoms with van der Waals surface area (Å²) in [5.74, 6) is -0.483. The fourth-order valence-electron chi connectivity index (χ4n) is 2.58. The van der Waals surface area contributed by atoms with E-state index in [-0.39, 0.29) is 5.56 Å². The first-order valence-corrected chi connectivity index (χ1v) is 8.57. The summed E-state index contributed by atoms with van der Waals surface area (Å²) in [5, 5.41) is 5.47. The van der Waals surface area contributed by atoms with Crippen molar-refractivity contribution in [3.63, 3.8) is 0 Å². The van der Waals surface area contributed by atoms with Gasteiger partial charge in [0.05, 0.1) is 0 Å². The van der Waals surface area contributed by atoms with Crippen LogP contribution >= 0.6 is 11.3 Å². The van der Waals surface area contributed by atoms with Crippen molar-refractivity contribution in [1.29, 1.82) is 0 Å². The van der Waals surface area contributed by atoms with E-state index in [1.54, 1.807) is 35.6 Å². The number of amides is 1. The summed E-state index contributed by atoms with van der Waals surface area (Å²) in [6, 6.07) is 20.2. The first kappa shape index (κ1) is 15.4. The van der Waals surface area contributed by atoms with Gasteiger partial charge in [-0.15, -0.1) is 11.3 Å². The summed E-state index contributed by atoms with van der Waals surface area (Å²) in [4.78, 5) is 25.6. The van der Waals surface area contributed by atoms with E-state index >= 15 is 0 Å². The molecule has 0 radical (unpaired) electrons. The third-order valence-electron chi connectivity index (χ3n) is 3.83. The lowest BCUT2D eigenvalue weighted by Gasteiger charge is -2.06. The van der Waals surface area contributed by atoms with E-state index in [1.165, 1.54) is 0 Å². The van der Waals surface area contributed by atoms with Crippen LogP contribution in [-0.4, -0.2) is 5.91 Å². The molecule has 0 saturated carbocycles. The maximum absolute atomic E-state index is 12.4. The molecule has 1 amide bonds. The minimum atomic E-state index is -0.647. The Morgan fingerprint density at radius 1 is 0.960 bits per heavy atom. The molecule has 4 rings (SSSR count). The molecule has 122 valence electrons. The topological polar surface area (TPSA) is 59.3 Å². The van der Waals surface area contributed by atoms with Crippen LogP contribution in [0.2, 0.25) is 0 Å². The summed E-state index contributed by atoms with van der Waals surface area (Å²) < 4.78 is 5.20. The standard InChI is InChI=1S/C20H13NO3S/c22-19(16-12-14-4-1-2-5-17(14)24-20(16)23)21-15-9-7-13(8-10-15)18-6-3-11-25-18/h1-12H,(H,21,22). The van der Waals surface area contributed by atoms with Gasteiger partial charge in [0.1, 0.15) is 11.1 Å². The van der Waals surface area contributed by atoms with Gasteiger partial charge >= 0.3 is 5.63 Å². The Bertz CT molecular complexity index is 1100. The van der Waals surface area contributed by atoms with E-state index in [1.807, 2.05) is 47.8 Å². The van der Waals surface area contributed by atoms with Crippen molar-refractivity contribution in [2.75, 3.05) is 5.32 Å². The molecule has 0 bridgehead atoms. The summed E-state index contributed by atoms with van der Waals surface area (Å²) in [7, 11) is 0. The van der Waals surface area contributed by atoms with Gasteiger partial charge in [-0.2, -0.15) is 0 Å². The second-order valence-electron chi connectivity index (χ2n) is 5.49. The Morgan fingerprint density at radius 2 is 1.76 bits per heavy atom. The highest BCUT2D eigenvalue weighted by Crippen LogP contribution is 2.25. The van der Waals surface area contributed by atoms with E-state index in [4.69, 9.17) is 4.42 Å². The average Bonchev–Trinajstić information content (AvgIpc) is 3.16. The van der Waals surface area contributed by atoms with Crippen LogP contribution in [0.25, 0.3) is 21.4 Å². The van der Waals surface area contributed by atoms with Crippen LogP contribution in [-0.2, 0) is 0 Å². The second kappa shape index (κ2) is 6.37. The molecule has 0 aliphatic rings. The van der Waals surface area contributed by atoms with Crippen LogP contribution < -0.4 is 10.9 Å². The van der Waals surface area contributed by atoms with Crippen LogP contribution in [0.1, 0.15) is 10.4 Å². The van der Waals surface area contributed by atoms with Gasteiger partial charge in [-0.05, 0) is 41.3 Å². The molecule has 4 aromatic rings. The normalized spacial score (nSPS) is 10.7. The van der Waals surface area contributed by atoms with Crippen molar-refractivity contribution < 1.29 is 9.21 Å². The van der Waals surface area contributed by atoms with Gasteiger partial charge in [-0.1, -0.05) is 36.4 Å². The Kier molecular flexibility index (Phi) is 3.91. The third kappa shape index (κ3) is 3.09. The van der Waals surface area contributed by atoms with Crippen LogP contribution in [0.5, 0.6) is 0 Å². The molecular formula is C20H13NO3S. The number of benzene rings is 2. The molecule has 25 heavy (non-hydrogen) atoms. The van der Waals surface area contributed by atoms with Gasteiger partial charge in [0.2, 0.25) is 0 Å². The lowest BCUT2D eigenvalue weighted by Crippen LogP contribution is -2.20. The molecule has 2 aromatic heterocycles. The Morgan fingerprint density at radius 3 is 2.52 bits per heavy atom. The number of hydrogen-bond donors (Lipinski definition) is 1. The minimum absolute atomic E-state index is 0.0129. The fourth-order valence-corrected chi connectivity index (χ4v) is 3.31. The summed E-state index contributed by atoms with van der Waals surface area (Å²) >= 11 is 1.65. The number of anilines is 1. The van der Waals surface area contributed by atoms with Gasteiger partial charge in [0.15, 0.2) is 0 Å². The summed E-state index contributed by atoms with van der Waals surface area (Å²) in [5.41, 5.74) is 1.51. The number of rotatable bonds is 3. The molecule has 0 aliphatic heterocycles. The molecule has 1 N–H and O–H groups in total. The highest BCUT2D eigenvalue weighted by molar-refractivity contribution is 7.13. The molecular weight excluding hydrogens is 334 g/mol. The van der Waals surface area contributed by atoms with Gasteiger partial charge in [-0.3, -0.25) is 4.79 Å². The van der Waals surface area contributed by atoms with Gasteiger partial charge in [0.25, 0.3) is 5.91 Å². The average molecular weight is 347 g/mol. The SMILES string of the molecule is O=C(Nc1ccc(-c2cccs2)cc1)c1cc2ccccc2oc1=O. The summed E-state index contributed by atoms with van der Waals surface area (Å²) in [6.45, 7) is 0. The zero-order valence-corrected chi connectivity index (χ0v) is 13.9. The fraction of sp³-hybridized carbons (Fsp3) is 0. The first-order chi connectivity index (χ1) is 12.2. The Hall–Kier alpha value is -3.18. The lowest BCUT2D eigenvalue weighted by atomic mass is 10.1. The number of carbonyl (C=O) groups is 1. The van der Waals surface area contributed by atoms with Crippen molar-refractivity contribution in [2.24, 2.45) is 0 Å². The summed E-state index contributed by atoms with van der Waals surface area (Å²) in [6.07, 6.45) is 0. The Balaban J connectivity index is 1.60. The number of carbonyl (C=O) groups excluding carboxylic acids is 1. The lowest BCUT2D eigenvalue weighted by molar-refractivity contribution is 0.102. The molecule has 0 saturated heterocycles. The predicted octanol–water partition coefficient (Wildman–Crippen LogP) is 4.77. The number of hydrogen-bond acceptors (Lipinski definition) is 4. The smallest absolute Gasteiger partial charge is 0.349 e. The molecule has 5 heteroatoms. The zero-order chi connectivity index (χ0) is 17.2. The van der Waals surface area contributed by atoms with E-state index in [9.17, 15) is 9.59 Å². The van der Waals surface area contributed by atoms with Crippen molar-refractivity contribution in [3.05, 3.63) is 88.1 Å². The van der Waals surface area contributed by atoms with Gasteiger partial charge in [0, 0.05) is 16.0 Å². The van der Waals surface area contributed by atoms with Crippen molar-refractivity contribution in [3.8, 4) is 10.4 Å². The van der Waals surface area contributed by atoms with Crippen LogP contribution in [0.3, 0.4) is 0 Å². The quantitative estimate of drug-likeness (QED) is 0.543. The second-order valence-corrected chi connectivity index (χ2v) is 6.44. The molecule has 0 aliphatic carbocycles. The number of fused-ring (bicyclic) bond motifs is 1.